The Bertz CT molecular complexity index is 750. The lowest BCUT2D eigenvalue weighted by atomic mass is 9.64. The van der Waals surface area contributed by atoms with Crippen LogP contribution in [0.2, 0.25) is 0 Å². The summed E-state index contributed by atoms with van der Waals surface area (Å²) in [5, 5.41) is 11.3. The topological polar surface area (TPSA) is 73.5 Å². The molecule has 11 unspecified atom stereocenters. The molecule has 7 heteroatoms. The molecule has 0 bridgehead atoms. The summed E-state index contributed by atoms with van der Waals surface area (Å²) in [6, 6.07) is 1.40. The third-order valence-corrected chi connectivity index (χ3v) is 11.1. The van der Waals surface area contributed by atoms with Crippen molar-refractivity contribution in [2.24, 2.45) is 35.5 Å². The smallest absolute Gasteiger partial charge is 0.225 e. The average Bonchev–Trinajstić information content (AvgIpc) is 3.18. The van der Waals surface area contributed by atoms with Gasteiger partial charge >= 0.3 is 0 Å². The number of fused-ring (bicyclic) bond motifs is 2. The maximum absolute atomic E-state index is 13.4. The molecule has 6 nitrogen and oxygen atoms in total. The molecule has 0 spiro atoms. The van der Waals surface area contributed by atoms with Crippen LogP contribution in [-0.2, 0) is 9.59 Å². The van der Waals surface area contributed by atoms with Crippen molar-refractivity contribution in [1.82, 2.24) is 20.9 Å². The molecule has 5 aliphatic rings. The van der Waals surface area contributed by atoms with E-state index in [1.54, 1.807) is 0 Å². The van der Waals surface area contributed by atoms with E-state index in [-0.39, 0.29) is 23.2 Å². The van der Waals surface area contributed by atoms with Crippen LogP contribution in [0.25, 0.3) is 0 Å². The molecule has 5 rings (SSSR count). The standard InChI is InChI=1S/C26H44N4O2S/c1-14-5-8-21-23(9-14)33-26(28-21)29-24(31)17-7-6-15(2)19(11-17)20-12-18-13-27-16(3)10-22(18)30(4)25(20)32/h14-23,26-28H,5-13H2,1-4H3,(H,29,31). The Hall–Kier alpha value is -0.790. The van der Waals surface area contributed by atoms with Gasteiger partial charge in [-0.15, -0.1) is 11.8 Å². The molecular weight excluding hydrogens is 432 g/mol. The van der Waals surface area contributed by atoms with Gasteiger partial charge in [-0.25, -0.2) is 0 Å². The number of carbonyl (C=O) groups excluding carboxylic acids is 2. The fourth-order valence-corrected chi connectivity index (χ4v) is 9.24. The summed E-state index contributed by atoms with van der Waals surface area (Å²) >= 11 is 1.92. The van der Waals surface area contributed by atoms with Gasteiger partial charge in [0.05, 0.1) is 0 Å². The van der Waals surface area contributed by atoms with Gasteiger partial charge in [0.1, 0.15) is 5.50 Å². The van der Waals surface area contributed by atoms with E-state index >= 15 is 0 Å². The van der Waals surface area contributed by atoms with Crippen molar-refractivity contribution >= 4 is 23.6 Å². The van der Waals surface area contributed by atoms with E-state index in [9.17, 15) is 9.59 Å². The Morgan fingerprint density at radius 1 is 1.06 bits per heavy atom. The van der Waals surface area contributed by atoms with Crippen molar-refractivity contribution in [2.75, 3.05) is 13.6 Å². The SMILES string of the molecule is CC1CCC2NC(NC(=O)C3CCC(C)C(C4CC5CNC(C)CC5N(C)C4=O)C3)SC2C1. The Morgan fingerprint density at radius 3 is 2.70 bits per heavy atom. The summed E-state index contributed by atoms with van der Waals surface area (Å²) in [7, 11) is 2.02. The molecule has 3 aliphatic heterocycles. The van der Waals surface area contributed by atoms with Crippen LogP contribution in [-0.4, -0.2) is 59.2 Å². The number of rotatable bonds is 3. The number of nitrogens with one attached hydrogen (secondary N) is 3. The number of carbonyl (C=O) groups is 2. The number of hydrogen-bond acceptors (Lipinski definition) is 5. The second-order valence-electron chi connectivity index (χ2n) is 12.1. The van der Waals surface area contributed by atoms with Gasteiger partial charge in [0, 0.05) is 48.8 Å². The fourth-order valence-electron chi connectivity index (χ4n) is 7.61. The molecule has 5 fully saturated rings. The molecule has 3 saturated heterocycles. The van der Waals surface area contributed by atoms with Crippen LogP contribution in [0.15, 0.2) is 0 Å². The number of thioether (sulfide) groups is 1. The number of hydrogen-bond donors (Lipinski definition) is 3. The second-order valence-corrected chi connectivity index (χ2v) is 13.4. The van der Waals surface area contributed by atoms with Crippen molar-refractivity contribution in [3.05, 3.63) is 0 Å². The van der Waals surface area contributed by atoms with Gasteiger partial charge in [-0.1, -0.05) is 13.8 Å². The third kappa shape index (κ3) is 4.84. The van der Waals surface area contributed by atoms with E-state index < -0.39 is 0 Å². The normalized spacial score (nSPS) is 48.2. The zero-order valence-electron chi connectivity index (χ0n) is 20.9. The van der Waals surface area contributed by atoms with Crippen molar-refractivity contribution in [1.29, 1.82) is 0 Å². The summed E-state index contributed by atoms with van der Waals surface area (Å²) in [6.45, 7) is 7.89. The molecule has 2 aliphatic carbocycles. The first kappa shape index (κ1) is 23.9. The quantitative estimate of drug-likeness (QED) is 0.584. The van der Waals surface area contributed by atoms with Crippen molar-refractivity contribution in [3.8, 4) is 0 Å². The lowest BCUT2D eigenvalue weighted by Crippen LogP contribution is -2.60. The Morgan fingerprint density at radius 2 is 1.88 bits per heavy atom. The van der Waals surface area contributed by atoms with E-state index in [4.69, 9.17) is 0 Å². The highest BCUT2D eigenvalue weighted by atomic mass is 32.2. The zero-order chi connectivity index (χ0) is 23.3. The first-order valence-electron chi connectivity index (χ1n) is 13.5. The molecule has 3 N–H and O–H groups in total. The van der Waals surface area contributed by atoms with Gasteiger partial charge in [0.25, 0.3) is 0 Å². The molecule has 33 heavy (non-hydrogen) atoms. The Kier molecular flexibility index (Phi) is 7.03. The number of nitrogens with zero attached hydrogens (tertiary/aromatic N) is 1. The first-order chi connectivity index (χ1) is 15.8. The number of amides is 2. The van der Waals surface area contributed by atoms with Crippen LogP contribution in [0.4, 0.5) is 0 Å². The van der Waals surface area contributed by atoms with Gasteiger partial charge in [-0.2, -0.15) is 0 Å². The van der Waals surface area contributed by atoms with Crippen molar-refractivity contribution in [2.45, 2.75) is 101 Å². The highest BCUT2D eigenvalue weighted by molar-refractivity contribution is 8.00. The lowest BCUT2D eigenvalue weighted by molar-refractivity contribution is -0.149. The maximum atomic E-state index is 13.4. The van der Waals surface area contributed by atoms with Crippen molar-refractivity contribution < 1.29 is 9.59 Å². The largest absolute Gasteiger partial charge is 0.342 e. The highest BCUT2D eigenvalue weighted by Gasteiger charge is 2.48. The summed E-state index contributed by atoms with van der Waals surface area (Å²) < 4.78 is 0. The van der Waals surface area contributed by atoms with Gasteiger partial charge < -0.3 is 15.5 Å². The molecule has 0 aromatic heterocycles. The van der Waals surface area contributed by atoms with E-state index in [2.05, 4.69) is 41.6 Å². The summed E-state index contributed by atoms with van der Waals surface area (Å²) in [6.07, 6.45) is 8.67. The average molecular weight is 477 g/mol. The van der Waals surface area contributed by atoms with E-state index in [1.165, 1.54) is 19.3 Å². The van der Waals surface area contributed by atoms with Crippen LogP contribution >= 0.6 is 11.8 Å². The molecule has 0 aromatic rings. The van der Waals surface area contributed by atoms with Crippen LogP contribution < -0.4 is 16.0 Å². The molecule has 2 saturated carbocycles. The van der Waals surface area contributed by atoms with E-state index in [0.29, 0.717) is 47.0 Å². The predicted molar refractivity (Wildman–Crippen MR) is 133 cm³/mol. The third-order valence-electron chi connectivity index (χ3n) is 9.74. The minimum absolute atomic E-state index is 0.0375. The van der Waals surface area contributed by atoms with E-state index in [1.807, 2.05) is 18.8 Å². The monoisotopic (exact) mass is 476 g/mol. The van der Waals surface area contributed by atoms with Gasteiger partial charge in [0.15, 0.2) is 0 Å². The minimum atomic E-state index is 0.0375. The number of likely N-dealkylation sites (tertiary alicyclic amines) is 1. The number of piperidine rings is 2. The summed E-state index contributed by atoms with van der Waals surface area (Å²) in [5.74, 6) is 2.80. The lowest BCUT2D eigenvalue weighted by Gasteiger charge is -2.50. The van der Waals surface area contributed by atoms with Gasteiger partial charge in [-0.3, -0.25) is 14.9 Å². The van der Waals surface area contributed by atoms with Gasteiger partial charge in [-0.05, 0) is 82.0 Å². The maximum Gasteiger partial charge on any atom is 0.225 e. The van der Waals surface area contributed by atoms with Crippen LogP contribution in [0, 0.1) is 35.5 Å². The minimum Gasteiger partial charge on any atom is -0.342 e. The highest BCUT2D eigenvalue weighted by Crippen LogP contribution is 2.45. The molecular formula is C26H44N4O2S. The van der Waals surface area contributed by atoms with Gasteiger partial charge in [0.2, 0.25) is 11.8 Å². The zero-order valence-corrected chi connectivity index (χ0v) is 21.7. The first-order valence-corrected chi connectivity index (χ1v) is 14.5. The van der Waals surface area contributed by atoms with Crippen LogP contribution in [0.3, 0.4) is 0 Å². The summed E-state index contributed by atoms with van der Waals surface area (Å²) in [4.78, 5) is 28.8. The molecule has 186 valence electrons. The Balaban J connectivity index is 1.20. The van der Waals surface area contributed by atoms with Crippen LogP contribution in [0.1, 0.15) is 72.1 Å². The van der Waals surface area contributed by atoms with Crippen LogP contribution in [0.5, 0.6) is 0 Å². The fraction of sp³-hybridized carbons (Fsp3) is 0.923. The van der Waals surface area contributed by atoms with E-state index in [0.717, 1.165) is 44.6 Å². The molecule has 0 aromatic carbocycles. The molecule has 3 heterocycles. The molecule has 11 atom stereocenters. The van der Waals surface area contributed by atoms with Crippen molar-refractivity contribution in [3.63, 3.8) is 0 Å². The molecule has 2 amide bonds. The molecule has 0 radical (unpaired) electrons. The summed E-state index contributed by atoms with van der Waals surface area (Å²) in [5.41, 5.74) is 0.0501. The Labute approximate surface area is 204 Å². The predicted octanol–water partition coefficient (Wildman–Crippen LogP) is 3.18. The second kappa shape index (κ2) is 9.69.